The fourth-order valence-corrected chi connectivity index (χ4v) is 5.15. The van der Waals surface area contributed by atoms with Crippen molar-refractivity contribution in [3.05, 3.63) is 69.7 Å². The summed E-state index contributed by atoms with van der Waals surface area (Å²) in [7, 11) is 4.02. The molecule has 0 saturated carbocycles. The minimum atomic E-state index is -0.352. The normalized spacial score (nSPS) is 25.5. The van der Waals surface area contributed by atoms with Crippen molar-refractivity contribution in [1.29, 1.82) is 0 Å². The summed E-state index contributed by atoms with van der Waals surface area (Å²) in [6.45, 7) is 0.684. The van der Waals surface area contributed by atoms with Crippen LogP contribution in [0, 0.1) is 0 Å². The topological polar surface area (TPSA) is 23.5 Å². The highest BCUT2D eigenvalue weighted by atomic mass is 35.5. The lowest BCUT2D eigenvalue weighted by molar-refractivity contribution is 0.101. The zero-order valence-electron chi connectivity index (χ0n) is 14.3. The predicted octanol–water partition coefficient (Wildman–Crippen LogP) is 4.18. The van der Waals surface area contributed by atoms with Crippen LogP contribution < -0.4 is 0 Å². The van der Waals surface area contributed by atoms with Gasteiger partial charge in [0.1, 0.15) is 0 Å². The van der Waals surface area contributed by atoms with Crippen LogP contribution in [0.4, 0.5) is 0 Å². The maximum Gasteiger partial charge on any atom is 0.0678 e. The molecule has 0 aromatic heterocycles. The first kappa shape index (κ1) is 16.1. The zero-order chi connectivity index (χ0) is 16.9. The van der Waals surface area contributed by atoms with Crippen molar-refractivity contribution in [2.45, 2.75) is 36.7 Å². The number of aliphatic hydroxyl groups is 1. The van der Waals surface area contributed by atoms with Gasteiger partial charge in [-0.25, -0.2) is 0 Å². The lowest BCUT2D eigenvalue weighted by Crippen LogP contribution is -2.44. The van der Waals surface area contributed by atoms with Crippen molar-refractivity contribution in [1.82, 2.24) is 4.90 Å². The molecule has 2 bridgehead atoms. The average Bonchev–Trinajstić information content (AvgIpc) is 2.55. The second kappa shape index (κ2) is 5.87. The van der Waals surface area contributed by atoms with Crippen molar-refractivity contribution in [2.24, 2.45) is 0 Å². The lowest BCUT2D eigenvalue weighted by atomic mass is 9.53. The van der Waals surface area contributed by atoms with Gasteiger partial charge < -0.3 is 10.0 Å². The smallest absolute Gasteiger partial charge is 0.0678 e. The van der Waals surface area contributed by atoms with Crippen LogP contribution in [0.15, 0.2) is 42.5 Å². The highest BCUT2D eigenvalue weighted by molar-refractivity contribution is 6.30. The maximum absolute atomic E-state index is 10.7. The molecule has 3 aliphatic carbocycles. The number of likely N-dealkylation sites (N-methyl/N-ethyl adjacent to an activating group) is 1. The van der Waals surface area contributed by atoms with Gasteiger partial charge in [0.15, 0.2) is 0 Å². The minimum absolute atomic E-state index is 0.110. The van der Waals surface area contributed by atoms with E-state index in [2.05, 4.69) is 41.3 Å². The molecule has 5 rings (SSSR count). The molecule has 2 aromatic rings. The average molecular weight is 342 g/mol. The number of nitrogens with zero attached hydrogens (tertiary/aromatic N) is 1. The van der Waals surface area contributed by atoms with Crippen LogP contribution in [0.1, 0.15) is 47.4 Å². The Morgan fingerprint density at radius 3 is 2.71 bits per heavy atom. The number of benzene rings is 2. The van der Waals surface area contributed by atoms with Crippen LogP contribution in [-0.2, 0) is 5.41 Å². The maximum atomic E-state index is 10.7. The van der Waals surface area contributed by atoms with E-state index in [4.69, 9.17) is 11.6 Å². The molecule has 0 heterocycles. The van der Waals surface area contributed by atoms with Crippen LogP contribution >= 0.6 is 11.6 Å². The van der Waals surface area contributed by atoms with E-state index in [1.165, 1.54) is 22.3 Å². The van der Waals surface area contributed by atoms with Gasteiger partial charge in [-0.1, -0.05) is 41.9 Å². The molecule has 3 unspecified atom stereocenters. The summed E-state index contributed by atoms with van der Waals surface area (Å²) in [4.78, 5) is 2.06. The fourth-order valence-electron chi connectivity index (χ4n) is 4.98. The third-order valence-electron chi connectivity index (χ3n) is 5.78. The Morgan fingerprint density at radius 2 is 1.92 bits per heavy atom. The van der Waals surface area contributed by atoms with Gasteiger partial charge in [-0.3, -0.25) is 0 Å². The van der Waals surface area contributed by atoms with Gasteiger partial charge in [0.05, 0.1) is 6.10 Å². The first-order valence-corrected chi connectivity index (χ1v) is 9.11. The van der Waals surface area contributed by atoms with Crippen LogP contribution in [0.5, 0.6) is 0 Å². The van der Waals surface area contributed by atoms with Gasteiger partial charge in [-0.15, -0.1) is 0 Å². The van der Waals surface area contributed by atoms with E-state index < -0.39 is 0 Å². The van der Waals surface area contributed by atoms with E-state index in [0.717, 1.165) is 24.3 Å². The predicted molar refractivity (Wildman–Crippen MR) is 98.9 cm³/mol. The molecule has 0 aliphatic heterocycles. The summed E-state index contributed by atoms with van der Waals surface area (Å²) >= 11 is 6.35. The molecule has 1 N–H and O–H groups in total. The Labute approximate surface area is 149 Å². The highest BCUT2D eigenvalue weighted by Gasteiger charge is 2.48. The number of halogens is 1. The molecule has 24 heavy (non-hydrogen) atoms. The summed E-state index contributed by atoms with van der Waals surface area (Å²) in [5.41, 5.74) is 5.47. The van der Waals surface area contributed by atoms with Gasteiger partial charge in [-0.05, 0) is 67.7 Å². The summed E-state index contributed by atoms with van der Waals surface area (Å²) in [5.74, 6) is 0.473. The SMILES string of the molecule is CN(C)CC(O)CC12CCC(c3ccccc31)c1ccc(Cl)cc12. The van der Waals surface area contributed by atoms with Gasteiger partial charge in [0, 0.05) is 22.9 Å². The van der Waals surface area contributed by atoms with Crippen LogP contribution in [-0.4, -0.2) is 36.8 Å². The molecule has 3 aliphatic rings. The van der Waals surface area contributed by atoms with E-state index in [-0.39, 0.29) is 11.5 Å². The molecule has 2 nitrogen and oxygen atoms in total. The largest absolute Gasteiger partial charge is 0.392 e. The quantitative estimate of drug-likeness (QED) is 0.901. The van der Waals surface area contributed by atoms with Crippen molar-refractivity contribution in [3.8, 4) is 0 Å². The number of hydrogen-bond donors (Lipinski definition) is 1. The second-order valence-electron chi connectivity index (χ2n) is 7.61. The van der Waals surface area contributed by atoms with Crippen molar-refractivity contribution in [2.75, 3.05) is 20.6 Å². The van der Waals surface area contributed by atoms with Crippen LogP contribution in [0.25, 0.3) is 0 Å². The first-order chi connectivity index (χ1) is 11.5. The fraction of sp³-hybridized carbons (Fsp3) is 0.429. The highest BCUT2D eigenvalue weighted by Crippen LogP contribution is 2.58. The third kappa shape index (κ3) is 2.40. The van der Waals surface area contributed by atoms with E-state index in [0.29, 0.717) is 12.5 Å². The number of fused-ring (bicyclic) bond motifs is 1. The third-order valence-corrected chi connectivity index (χ3v) is 6.01. The molecule has 2 aromatic carbocycles. The molecular weight excluding hydrogens is 318 g/mol. The zero-order valence-corrected chi connectivity index (χ0v) is 15.1. The summed E-state index contributed by atoms with van der Waals surface area (Å²) in [6.07, 6.45) is 2.64. The molecule has 0 spiro atoms. The molecule has 0 fully saturated rings. The molecule has 0 amide bonds. The Hall–Kier alpha value is -1.35. The van der Waals surface area contributed by atoms with Crippen LogP contribution in [0.3, 0.4) is 0 Å². The van der Waals surface area contributed by atoms with E-state index in [1.807, 2.05) is 20.2 Å². The molecular formula is C21H24ClNO. The minimum Gasteiger partial charge on any atom is -0.392 e. The van der Waals surface area contributed by atoms with Gasteiger partial charge >= 0.3 is 0 Å². The molecule has 0 saturated heterocycles. The van der Waals surface area contributed by atoms with E-state index in [9.17, 15) is 5.11 Å². The van der Waals surface area contributed by atoms with Crippen LogP contribution in [0.2, 0.25) is 5.02 Å². The standard InChI is InChI=1S/C21H24ClNO/c1-23(2)13-15(24)12-21-10-9-16(17-5-3-4-6-19(17)21)18-8-7-14(22)11-20(18)21/h3-8,11,15-16,24H,9-10,12-13H2,1-2H3. The van der Waals surface area contributed by atoms with Crippen molar-refractivity contribution in [3.63, 3.8) is 0 Å². The van der Waals surface area contributed by atoms with Crippen molar-refractivity contribution >= 4 is 11.6 Å². The lowest BCUT2D eigenvalue weighted by Gasteiger charge is -2.50. The number of hydrogen-bond acceptors (Lipinski definition) is 2. The monoisotopic (exact) mass is 341 g/mol. The Balaban J connectivity index is 1.87. The van der Waals surface area contributed by atoms with E-state index in [1.54, 1.807) is 0 Å². The molecule has 126 valence electrons. The van der Waals surface area contributed by atoms with Gasteiger partial charge in [-0.2, -0.15) is 0 Å². The van der Waals surface area contributed by atoms with E-state index >= 15 is 0 Å². The molecule has 0 radical (unpaired) electrons. The van der Waals surface area contributed by atoms with Gasteiger partial charge in [0.25, 0.3) is 0 Å². The molecule has 3 heteroatoms. The number of rotatable bonds is 4. The number of aliphatic hydroxyl groups excluding tert-OH is 1. The Morgan fingerprint density at radius 1 is 1.17 bits per heavy atom. The van der Waals surface area contributed by atoms with Crippen molar-refractivity contribution < 1.29 is 5.11 Å². The Kier molecular flexibility index (Phi) is 3.95. The second-order valence-corrected chi connectivity index (χ2v) is 8.05. The Bertz CT molecular complexity index is 772. The summed E-state index contributed by atoms with van der Waals surface area (Å²) < 4.78 is 0. The van der Waals surface area contributed by atoms with Gasteiger partial charge in [0.2, 0.25) is 0 Å². The first-order valence-electron chi connectivity index (χ1n) is 8.73. The summed E-state index contributed by atoms with van der Waals surface area (Å²) in [5, 5.41) is 11.5. The molecule has 3 atom stereocenters. The summed E-state index contributed by atoms with van der Waals surface area (Å²) in [6, 6.07) is 15.1.